The number of nitrogens with zero attached hydrogens (tertiary/aromatic N) is 2. The first-order chi connectivity index (χ1) is 11.6. The first kappa shape index (κ1) is 16.6. The summed E-state index contributed by atoms with van der Waals surface area (Å²) in [5.41, 5.74) is 1.67. The maximum Gasteiger partial charge on any atom is 0.322 e. The van der Waals surface area contributed by atoms with Gasteiger partial charge in [-0.15, -0.1) is 0 Å². The topological polar surface area (TPSA) is 61.9 Å². The minimum atomic E-state index is -0.136. The number of carbonyl (C=O) groups excluding carboxylic acids is 2. The molecule has 0 spiro atoms. The molecule has 130 valence electrons. The van der Waals surface area contributed by atoms with Gasteiger partial charge in [0, 0.05) is 32.1 Å². The molecule has 3 amide bonds. The summed E-state index contributed by atoms with van der Waals surface area (Å²) in [6.07, 6.45) is 2.86. The average Bonchev–Trinajstić information content (AvgIpc) is 3.42. The molecule has 1 heterocycles. The number of urea groups is 1. The third kappa shape index (κ3) is 3.63. The second-order valence-corrected chi connectivity index (χ2v) is 6.52. The van der Waals surface area contributed by atoms with E-state index in [0.29, 0.717) is 31.1 Å². The van der Waals surface area contributed by atoms with Crippen molar-refractivity contribution in [2.24, 2.45) is 5.92 Å². The van der Waals surface area contributed by atoms with Gasteiger partial charge in [-0.1, -0.05) is 12.1 Å². The molecule has 1 aromatic carbocycles. The molecule has 1 saturated heterocycles. The van der Waals surface area contributed by atoms with Gasteiger partial charge in [0.25, 0.3) is 0 Å². The van der Waals surface area contributed by atoms with Gasteiger partial charge in [0.1, 0.15) is 5.75 Å². The standard InChI is InChI=1S/C18H25N3O3/c1-13-5-3-6-15(24-2)16(13)19-18(23)21-10-4-9-20(11-12-21)17(22)14-7-8-14/h3,5-6,14H,4,7-12H2,1-2H3,(H,19,23). The van der Waals surface area contributed by atoms with Crippen molar-refractivity contribution in [1.29, 1.82) is 0 Å². The number of hydrogen-bond donors (Lipinski definition) is 1. The van der Waals surface area contributed by atoms with Gasteiger partial charge in [-0.05, 0) is 37.8 Å². The van der Waals surface area contributed by atoms with E-state index in [0.717, 1.165) is 31.4 Å². The van der Waals surface area contributed by atoms with Crippen LogP contribution in [0.15, 0.2) is 18.2 Å². The molecule has 6 nitrogen and oxygen atoms in total. The lowest BCUT2D eigenvalue weighted by Gasteiger charge is -2.23. The summed E-state index contributed by atoms with van der Waals surface area (Å²) in [5.74, 6) is 1.16. The van der Waals surface area contributed by atoms with E-state index >= 15 is 0 Å². The normalized spacial score (nSPS) is 18.1. The van der Waals surface area contributed by atoms with E-state index in [-0.39, 0.29) is 17.9 Å². The number of para-hydroxylation sites is 1. The largest absolute Gasteiger partial charge is 0.495 e. The highest BCUT2D eigenvalue weighted by atomic mass is 16.5. The van der Waals surface area contributed by atoms with Crippen molar-refractivity contribution in [1.82, 2.24) is 9.80 Å². The number of rotatable bonds is 3. The van der Waals surface area contributed by atoms with E-state index < -0.39 is 0 Å². The lowest BCUT2D eigenvalue weighted by Crippen LogP contribution is -2.39. The molecule has 0 aromatic heterocycles. The number of aryl methyl sites for hydroxylation is 1. The zero-order valence-corrected chi connectivity index (χ0v) is 14.4. The maximum absolute atomic E-state index is 12.6. The van der Waals surface area contributed by atoms with Crippen LogP contribution in [0.4, 0.5) is 10.5 Å². The molecule has 1 N–H and O–H groups in total. The fourth-order valence-electron chi connectivity index (χ4n) is 3.09. The van der Waals surface area contributed by atoms with Crippen LogP contribution in [-0.2, 0) is 4.79 Å². The van der Waals surface area contributed by atoms with E-state index in [9.17, 15) is 9.59 Å². The maximum atomic E-state index is 12.6. The zero-order valence-electron chi connectivity index (χ0n) is 14.4. The summed E-state index contributed by atoms with van der Waals surface area (Å²) in [7, 11) is 1.59. The van der Waals surface area contributed by atoms with Crippen molar-refractivity contribution < 1.29 is 14.3 Å². The van der Waals surface area contributed by atoms with Crippen molar-refractivity contribution in [3.63, 3.8) is 0 Å². The third-order valence-corrected chi connectivity index (χ3v) is 4.71. The highest BCUT2D eigenvalue weighted by Crippen LogP contribution is 2.31. The van der Waals surface area contributed by atoms with Crippen LogP contribution in [0.25, 0.3) is 0 Å². The fraction of sp³-hybridized carbons (Fsp3) is 0.556. The monoisotopic (exact) mass is 331 g/mol. The first-order valence-electron chi connectivity index (χ1n) is 8.58. The molecule has 2 fully saturated rings. The van der Waals surface area contributed by atoms with Crippen molar-refractivity contribution in [2.75, 3.05) is 38.6 Å². The number of anilines is 1. The fourth-order valence-corrected chi connectivity index (χ4v) is 3.09. The van der Waals surface area contributed by atoms with Crippen molar-refractivity contribution in [3.05, 3.63) is 23.8 Å². The molecule has 24 heavy (non-hydrogen) atoms. The number of methoxy groups -OCH3 is 1. The zero-order chi connectivity index (χ0) is 17.1. The summed E-state index contributed by atoms with van der Waals surface area (Å²) >= 11 is 0. The molecule has 0 unspecified atom stereocenters. The summed E-state index contributed by atoms with van der Waals surface area (Å²) in [4.78, 5) is 28.5. The van der Waals surface area contributed by atoms with Gasteiger partial charge >= 0.3 is 6.03 Å². The number of amides is 3. The van der Waals surface area contributed by atoms with E-state index in [1.165, 1.54) is 0 Å². The second kappa shape index (κ2) is 7.11. The van der Waals surface area contributed by atoms with Crippen LogP contribution in [0.3, 0.4) is 0 Å². The van der Waals surface area contributed by atoms with Gasteiger partial charge in [-0.3, -0.25) is 4.79 Å². The number of carbonyl (C=O) groups is 2. The van der Waals surface area contributed by atoms with Gasteiger partial charge in [-0.2, -0.15) is 0 Å². The SMILES string of the molecule is COc1cccc(C)c1NC(=O)N1CCCN(C(=O)C2CC2)CC1. The molecule has 1 aliphatic heterocycles. The molecule has 2 aliphatic rings. The highest BCUT2D eigenvalue weighted by Gasteiger charge is 2.34. The molecule has 1 saturated carbocycles. The van der Waals surface area contributed by atoms with Gasteiger partial charge in [0.2, 0.25) is 5.91 Å². The Morgan fingerprint density at radius 3 is 2.54 bits per heavy atom. The Bertz CT molecular complexity index is 628. The Morgan fingerprint density at radius 2 is 1.83 bits per heavy atom. The van der Waals surface area contributed by atoms with E-state index in [1.54, 1.807) is 12.0 Å². The molecule has 1 aromatic rings. The van der Waals surface area contributed by atoms with E-state index in [1.807, 2.05) is 30.0 Å². The van der Waals surface area contributed by atoms with Gasteiger partial charge < -0.3 is 19.9 Å². The Hall–Kier alpha value is -2.24. The Labute approximate surface area is 142 Å². The molecule has 3 rings (SSSR count). The predicted molar refractivity (Wildman–Crippen MR) is 92.2 cm³/mol. The number of nitrogens with one attached hydrogen (secondary N) is 1. The Morgan fingerprint density at radius 1 is 1.12 bits per heavy atom. The summed E-state index contributed by atoms with van der Waals surface area (Å²) < 4.78 is 5.33. The van der Waals surface area contributed by atoms with Crippen LogP contribution in [0.5, 0.6) is 5.75 Å². The molecule has 0 radical (unpaired) electrons. The molecule has 0 bridgehead atoms. The number of ether oxygens (including phenoxy) is 1. The van der Waals surface area contributed by atoms with Crippen LogP contribution in [-0.4, -0.2) is 55.0 Å². The van der Waals surface area contributed by atoms with Crippen molar-refractivity contribution in [3.8, 4) is 5.75 Å². The van der Waals surface area contributed by atoms with Gasteiger partial charge in [0.05, 0.1) is 12.8 Å². The number of benzene rings is 1. The van der Waals surface area contributed by atoms with E-state index in [4.69, 9.17) is 4.74 Å². The lowest BCUT2D eigenvalue weighted by molar-refractivity contribution is -0.132. The first-order valence-corrected chi connectivity index (χ1v) is 8.58. The van der Waals surface area contributed by atoms with Crippen molar-refractivity contribution >= 4 is 17.6 Å². The molecular formula is C18H25N3O3. The minimum Gasteiger partial charge on any atom is -0.495 e. The molecule has 1 aliphatic carbocycles. The van der Waals surface area contributed by atoms with Gasteiger partial charge in [-0.25, -0.2) is 4.79 Å². The highest BCUT2D eigenvalue weighted by molar-refractivity contribution is 5.92. The third-order valence-electron chi connectivity index (χ3n) is 4.71. The molecule has 6 heteroatoms. The molecular weight excluding hydrogens is 306 g/mol. The smallest absolute Gasteiger partial charge is 0.322 e. The van der Waals surface area contributed by atoms with Crippen LogP contribution in [0, 0.1) is 12.8 Å². The van der Waals surface area contributed by atoms with Crippen LogP contribution < -0.4 is 10.1 Å². The van der Waals surface area contributed by atoms with Crippen LogP contribution >= 0.6 is 0 Å². The lowest BCUT2D eigenvalue weighted by atomic mass is 10.2. The summed E-state index contributed by atoms with van der Waals surface area (Å²) in [6, 6.07) is 5.54. The Kier molecular flexibility index (Phi) is 4.92. The average molecular weight is 331 g/mol. The molecule has 0 atom stereocenters. The predicted octanol–water partition coefficient (Wildman–Crippen LogP) is 2.48. The minimum absolute atomic E-state index is 0.136. The Balaban J connectivity index is 1.62. The van der Waals surface area contributed by atoms with Crippen molar-refractivity contribution in [2.45, 2.75) is 26.2 Å². The quantitative estimate of drug-likeness (QED) is 0.925. The number of hydrogen-bond acceptors (Lipinski definition) is 3. The summed E-state index contributed by atoms with van der Waals surface area (Å²) in [5, 5.41) is 2.96. The van der Waals surface area contributed by atoms with E-state index in [2.05, 4.69) is 5.32 Å². The summed E-state index contributed by atoms with van der Waals surface area (Å²) in [6.45, 7) is 4.53. The van der Waals surface area contributed by atoms with Crippen LogP contribution in [0.2, 0.25) is 0 Å². The van der Waals surface area contributed by atoms with Crippen LogP contribution in [0.1, 0.15) is 24.8 Å². The second-order valence-electron chi connectivity index (χ2n) is 6.52. The van der Waals surface area contributed by atoms with Gasteiger partial charge in [0.15, 0.2) is 0 Å².